The van der Waals surface area contributed by atoms with Crippen LogP contribution in [0.25, 0.3) is 0 Å². The molecule has 0 bridgehead atoms. The molecule has 0 aliphatic heterocycles. The second-order valence-electron chi connectivity index (χ2n) is 5.22. The van der Waals surface area contributed by atoms with Crippen LogP contribution in [0.3, 0.4) is 0 Å². The summed E-state index contributed by atoms with van der Waals surface area (Å²) in [6, 6.07) is 4.62. The van der Waals surface area contributed by atoms with E-state index in [2.05, 4.69) is 22.1 Å². The highest BCUT2D eigenvalue weighted by Gasteiger charge is 2.31. The largest absolute Gasteiger partial charge is 0.467 e. The average Bonchev–Trinajstić information content (AvgIpc) is 2.98. The number of rotatable bonds is 8. The Kier molecular flexibility index (Phi) is 4.38. The van der Waals surface area contributed by atoms with E-state index in [0.717, 1.165) is 30.5 Å². The van der Waals surface area contributed by atoms with Crippen LogP contribution in [0.5, 0.6) is 0 Å². The lowest BCUT2D eigenvalue weighted by atomic mass is 10.4. The Morgan fingerprint density at radius 3 is 3.10 bits per heavy atom. The van der Waals surface area contributed by atoms with Gasteiger partial charge in [0.25, 0.3) is 0 Å². The van der Waals surface area contributed by atoms with E-state index in [1.807, 2.05) is 18.3 Å². The average molecular weight is 291 g/mol. The molecular formula is C15H21N3OS. The van der Waals surface area contributed by atoms with Gasteiger partial charge in [0, 0.05) is 23.7 Å². The summed E-state index contributed by atoms with van der Waals surface area (Å²) in [7, 11) is 0. The molecule has 0 amide bonds. The first kappa shape index (κ1) is 13.6. The molecule has 108 valence electrons. The Bertz CT molecular complexity index is 519. The van der Waals surface area contributed by atoms with Gasteiger partial charge in [-0.25, -0.2) is 4.98 Å². The third-order valence-corrected chi connectivity index (χ3v) is 4.44. The number of aromatic nitrogens is 1. The second kappa shape index (κ2) is 6.41. The first-order valence-electron chi connectivity index (χ1n) is 7.31. The summed E-state index contributed by atoms with van der Waals surface area (Å²) in [5.74, 6) is 1.01. The monoisotopic (exact) mass is 291 g/mol. The molecule has 5 heteroatoms. The summed E-state index contributed by atoms with van der Waals surface area (Å²) >= 11 is 1.79. The molecular weight excluding hydrogens is 270 g/mol. The number of nitrogens with zero attached hydrogens (tertiary/aromatic N) is 2. The summed E-state index contributed by atoms with van der Waals surface area (Å²) in [6.45, 7) is 4.99. The first-order chi connectivity index (χ1) is 9.86. The normalized spacial score (nSPS) is 14.7. The smallest absolute Gasteiger partial charge is 0.186 e. The molecule has 20 heavy (non-hydrogen) atoms. The molecule has 1 saturated carbocycles. The van der Waals surface area contributed by atoms with E-state index in [0.29, 0.717) is 6.04 Å². The van der Waals surface area contributed by atoms with Crippen molar-refractivity contribution in [3.05, 3.63) is 35.2 Å². The van der Waals surface area contributed by atoms with Crippen molar-refractivity contribution >= 4 is 16.5 Å². The predicted molar refractivity (Wildman–Crippen MR) is 82.0 cm³/mol. The molecule has 3 rings (SSSR count). The third kappa shape index (κ3) is 3.41. The van der Waals surface area contributed by atoms with Crippen molar-refractivity contribution in [3.63, 3.8) is 0 Å². The van der Waals surface area contributed by atoms with Gasteiger partial charge in [-0.05, 0) is 37.9 Å². The van der Waals surface area contributed by atoms with Crippen molar-refractivity contribution in [2.45, 2.75) is 45.3 Å². The minimum atomic E-state index is 0.641. The number of nitrogens with one attached hydrogen (secondary N) is 1. The Balaban J connectivity index is 1.65. The third-order valence-electron chi connectivity index (χ3n) is 3.41. The molecule has 0 aromatic carbocycles. The van der Waals surface area contributed by atoms with Gasteiger partial charge in [-0.15, -0.1) is 11.3 Å². The van der Waals surface area contributed by atoms with Gasteiger partial charge >= 0.3 is 0 Å². The van der Waals surface area contributed by atoms with Crippen molar-refractivity contribution in [3.8, 4) is 0 Å². The molecule has 1 fully saturated rings. The van der Waals surface area contributed by atoms with Crippen LogP contribution < -0.4 is 10.2 Å². The number of hydrogen-bond donors (Lipinski definition) is 1. The summed E-state index contributed by atoms with van der Waals surface area (Å²) in [5.41, 5.74) is 0. The Hall–Kier alpha value is -1.33. The summed E-state index contributed by atoms with van der Waals surface area (Å²) in [5, 5.41) is 4.55. The Morgan fingerprint density at radius 1 is 1.50 bits per heavy atom. The molecule has 2 heterocycles. The van der Waals surface area contributed by atoms with E-state index < -0.39 is 0 Å². The molecule has 0 unspecified atom stereocenters. The van der Waals surface area contributed by atoms with Gasteiger partial charge in [0.15, 0.2) is 5.13 Å². The Labute approximate surface area is 123 Å². The topological polar surface area (TPSA) is 41.3 Å². The molecule has 1 aliphatic rings. The minimum Gasteiger partial charge on any atom is -0.467 e. The molecule has 1 aliphatic carbocycles. The number of furan rings is 1. The van der Waals surface area contributed by atoms with Crippen molar-refractivity contribution < 1.29 is 4.42 Å². The van der Waals surface area contributed by atoms with Gasteiger partial charge in [0.1, 0.15) is 5.76 Å². The van der Waals surface area contributed by atoms with Gasteiger partial charge in [-0.1, -0.05) is 6.92 Å². The maximum Gasteiger partial charge on any atom is 0.186 e. The molecule has 1 N–H and O–H groups in total. The Morgan fingerprint density at radius 2 is 2.40 bits per heavy atom. The van der Waals surface area contributed by atoms with Crippen LogP contribution in [0, 0.1) is 0 Å². The van der Waals surface area contributed by atoms with Crippen LogP contribution in [-0.2, 0) is 13.1 Å². The summed E-state index contributed by atoms with van der Waals surface area (Å²) < 4.78 is 5.47. The molecule has 4 nitrogen and oxygen atoms in total. The van der Waals surface area contributed by atoms with E-state index >= 15 is 0 Å². The predicted octanol–water partition coefficient (Wildman–Crippen LogP) is 3.40. The van der Waals surface area contributed by atoms with Crippen LogP contribution in [-0.4, -0.2) is 17.6 Å². The second-order valence-corrected chi connectivity index (χ2v) is 6.32. The fourth-order valence-corrected chi connectivity index (χ4v) is 3.16. The number of hydrogen-bond acceptors (Lipinski definition) is 5. The van der Waals surface area contributed by atoms with Crippen LogP contribution >= 0.6 is 11.3 Å². The highest BCUT2D eigenvalue weighted by atomic mass is 32.1. The molecule has 0 radical (unpaired) electrons. The van der Waals surface area contributed by atoms with Gasteiger partial charge in [0.2, 0.25) is 0 Å². The summed E-state index contributed by atoms with van der Waals surface area (Å²) in [6.07, 6.45) is 7.44. The fourth-order valence-electron chi connectivity index (χ4n) is 2.21. The maximum absolute atomic E-state index is 5.47. The highest BCUT2D eigenvalue weighted by molar-refractivity contribution is 7.15. The number of anilines is 1. The lowest BCUT2D eigenvalue weighted by molar-refractivity contribution is 0.501. The molecule has 0 atom stereocenters. The quantitative estimate of drug-likeness (QED) is 0.757. The van der Waals surface area contributed by atoms with E-state index in [9.17, 15) is 0 Å². The molecule has 0 saturated heterocycles. The van der Waals surface area contributed by atoms with Crippen LogP contribution in [0.4, 0.5) is 5.13 Å². The van der Waals surface area contributed by atoms with Crippen LogP contribution in [0.1, 0.15) is 36.8 Å². The van der Waals surface area contributed by atoms with E-state index in [-0.39, 0.29) is 0 Å². The highest BCUT2D eigenvalue weighted by Crippen LogP contribution is 2.35. The van der Waals surface area contributed by atoms with E-state index in [4.69, 9.17) is 4.42 Å². The van der Waals surface area contributed by atoms with Gasteiger partial charge in [0.05, 0.1) is 12.8 Å². The van der Waals surface area contributed by atoms with Gasteiger partial charge < -0.3 is 14.6 Å². The zero-order valence-corrected chi connectivity index (χ0v) is 12.7. The SMILES string of the molecule is CCCNCc1cnc(N(Cc2ccco2)C2CC2)s1. The van der Waals surface area contributed by atoms with Crippen molar-refractivity contribution in [1.29, 1.82) is 0 Å². The van der Waals surface area contributed by atoms with Gasteiger partial charge in [-0.3, -0.25) is 0 Å². The zero-order valence-electron chi connectivity index (χ0n) is 11.8. The van der Waals surface area contributed by atoms with E-state index in [1.165, 1.54) is 24.1 Å². The standard InChI is InChI=1S/C15H21N3OS/c1-2-7-16-9-14-10-17-15(20-14)18(12-5-6-12)11-13-4-3-8-19-13/h3-4,8,10,12,16H,2,5-7,9,11H2,1H3. The van der Waals surface area contributed by atoms with Gasteiger partial charge in [-0.2, -0.15) is 0 Å². The lowest BCUT2D eigenvalue weighted by Crippen LogP contribution is -2.24. The number of thiazole rings is 1. The van der Waals surface area contributed by atoms with Crippen molar-refractivity contribution in [1.82, 2.24) is 10.3 Å². The van der Waals surface area contributed by atoms with E-state index in [1.54, 1.807) is 17.6 Å². The van der Waals surface area contributed by atoms with Crippen LogP contribution in [0.15, 0.2) is 29.0 Å². The molecule has 0 spiro atoms. The molecule has 2 aromatic heterocycles. The van der Waals surface area contributed by atoms with Crippen molar-refractivity contribution in [2.75, 3.05) is 11.4 Å². The van der Waals surface area contributed by atoms with Crippen molar-refractivity contribution in [2.24, 2.45) is 0 Å². The van der Waals surface area contributed by atoms with Crippen LogP contribution in [0.2, 0.25) is 0 Å². The lowest BCUT2D eigenvalue weighted by Gasteiger charge is -2.19. The summed E-state index contributed by atoms with van der Waals surface area (Å²) in [4.78, 5) is 8.29. The molecule has 2 aromatic rings. The minimum absolute atomic E-state index is 0.641. The first-order valence-corrected chi connectivity index (χ1v) is 8.13. The zero-order chi connectivity index (χ0) is 13.8. The maximum atomic E-state index is 5.47. The fraction of sp³-hybridized carbons (Fsp3) is 0.533.